The van der Waals surface area contributed by atoms with E-state index >= 15 is 0 Å². The Kier molecular flexibility index (Phi) is 3.96. The molecule has 110 valence electrons. The molecule has 21 heavy (non-hydrogen) atoms. The number of carbonyl (C=O) groups excluding carboxylic acids is 1. The highest BCUT2D eigenvalue weighted by molar-refractivity contribution is 6.04. The topological polar surface area (TPSA) is 56.2 Å². The second-order valence-electron chi connectivity index (χ2n) is 5.02. The highest BCUT2D eigenvalue weighted by Crippen LogP contribution is 2.15. The van der Waals surface area contributed by atoms with Gasteiger partial charge in [0, 0.05) is 12.8 Å². The van der Waals surface area contributed by atoms with Gasteiger partial charge >= 0.3 is 0 Å². The van der Waals surface area contributed by atoms with Crippen molar-refractivity contribution in [3.63, 3.8) is 0 Å². The first-order valence-corrected chi connectivity index (χ1v) is 6.92. The molecule has 1 unspecified atom stereocenters. The molecule has 0 saturated carbocycles. The number of anilines is 1. The lowest BCUT2D eigenvalue weighted by Gasteiger charge is -2.08. The largest absolute Gasteiger partial charge is 0.376 e. The third-order valence-electron chi connectivity index (χ3n) is 3.42. The summed E-state index contributed by atoms with van der Waals surface area (Å²) >= 11 is 0. The molecule has 2 aromatic rings. The Morgan fingerprint density at radius 3 is 3.10 bits per heavy atom. The first kappa shape index (κ1) is 13.8. The molecule has 1 saturated heterocycles. The van der Waals surface area contributed by atoms with Crippen LogP contribution >= 0.6 is 0 Å². The van der Waals surface area contributed by atoms with Crippen LogP contribution < -0.4 is 5.32 Å². The number of rotatable bonds is 4. The Balaban J connectivity index is 1.64. The van der Waals surface area contributed by atoms with Crippen molar-refractivity contribution in [2.75, 3.05) is 11.9 Å². The molecule has 6 heteroatoms. The Morgan fingerprint density at radius 2 is 2.33 bits per heavy atom. The average molecular weight is 289 g/mol. The zero-order valence-corrected chi connectivity index (χ0v) is 11.5. The van der Waals surface area contributed by atoms with Gasteiger partial charge in [0.1, 0.15) is 5.82 Å². The minimum absolute atomic E-state index is 0.0179. The number of aromatic nitrogens is 2. The van der Waals surface area contributed by atoms with Gasteiger partial charge in [-0.1, -0.05) is 12.1 Å². The van der Waals surface area contributed by atoms with E-state index in [0.717, 1.165) is 19.4 Å². The van der Waals surface area contributed by atoms with Crippen molar-refractivity contribution in [2.45, 2.75) is 25.5 Å². The van der Waals surface area contributed by atoms with Crippen LogP contribution in [0.2, 0.25) is 0 Å². The Hall–Kier alpha value is -2.21. The highest BCUT2D eigenvalue weighted by Gasteiger charge is 2.17. The zero-order chi connectivity index (χ0) is 14.7. The number of hydrogen-bond acceptors (Lipinski definition) is 3. The number of benzene rings is 1. The van der Waals surface area contributed by atoms with Crippen LogP contribution in [0.3, 0.4) is 0 Å². The van der Waals surface area contributed by atoms with E-state index in [-0.39, 0.29) is 11.7 Å². The number of hydrogen-bond donors (Lipinski definition) is 1. The molecule has 2 heterocycles. The van der Waals surface area contributed by atoms with Gasteiger partial charge in [-0.3, -0.25) is 9.48 Å². The van der Waals surface area contributed by atoms with Crippen molar-refractivity contribution in [2.24, 2.45) is 0 Å². The van der Waals surface area contributed by atoms with Crippen molar-refractivity contribution in [1.29, 1.82) is 0 Å². The maximum atomic E-state index is 13.5. The van der Waals surface area contributed by atoms with Crippen molar-refractivity contribution < 1.29 is 13.9 Å². The quantitative estimate of drug-likeness (QED) is 0.940. The predicted octanol–water partition coefficient (Wildman–Crippen LogP) is 2.45. The standard InChI is InChI=1S/C15H16FN3O2/c16-14-6-2-1-5-13(14)15(20)18-11-8-17-19(9-11)10-12-4-3-7-21-12/h1-2,5-6,8-9,12H,3-4,7,10H2,(H,18,20). The number of carbonyl (C=O) groups is 1. The number of nitrogens with one attached hydrogen (secondary N) is 1. The molecular weight excluding hydrogens is 273 g/mol. The lowest BCUT2D eigenvalue weighted by Crippen LogP contribution is -2.15. The molecule has 0 spiro atoms. The third kappa shape index (κ3) is 3.28. The lowest BCUT2D eigenvalue weighted by atomic mass is 10.2. The number of nitrogens with zero attached hydrogens (tertiary/aromatic N) is 2. The lowest BCUT2D eigenvalue weighted by molar-refractivity contribution is 0.0940. The summed E-state index contributed by atoms with van der Waals surface area (Å²) in [6, 6.07) is 5.88. The van der Waals surface area contributed by atoms with Crippen LogP contribution in [0.25, 0.3) is 0 Å². The van der Waals surface area contributed by atoms with Gasteiger partial charge in [-0.2, -0.15) is 5.10 Å². The molecule has 3 rings (SSSR count). The maximum absolute atomic E-state index is 13.5. The number of halogens is 1. The van der Waals surface area contributed by atoms with Gasteiger partial charge in [0.2, 0.25) is 0 Å². The summed E-state index contributed by atoms with van der Waals surface area (Å²) in [5.74, 6) is -1.02. The minimum Gasteiger partial charge on any atom is -0.376 e. The molecule has 1 aliphatic heterocycles. The zero-order valence-electron chi connectivity index (χ0n) is 11.5. The summed E-state index contributed by atoms with van der Waals surface area (Å²) in [6.07, 6.45) is 5.55. The summed E-state index contributed by atoms with van der Waals surface area (Å²) < 4.78 is 20.8. The Morgan fingerprint density at radius 1 is 1.48 bits per heavy atom. The average Bonchev–Trinajstić information content (AvgIpc) is 3.12. The van der Waals surface area contributed by atoms with Crippen LogP contribution in [0.15, 0.2) is 36.7 Å². The van der Waals surface area contributed by atoms with E-state index in [9.17, 15) is 9.18 Å². The highest BCUT2D eigenvalue weighted by atomic mass is 19.1. The molecule has 1 N–H and O–H groups in total. The molecule has 1 aromatic heterocycles. The van der Waals surface area contributed by atoms with Crippen LogP contribution in [0.5, 0.6) is 0 Å². The Bertz CT molecular complexity index is 635. The molecule has 0 radical (unpaired) electrons. The summed E-state index contributed by atoms with van der Waals surface area (Å²) in [6.45, 7) is 1.46. The summed E-state index contributed by atoms with van der Waals surface area (Å²) in [7, 11) is 0. The van der Waals surface area contributed by atoms with Crippen LogP contribution in [0, 0.1) is 5.82 Å². The molecule has 0 aliphatic carbocycles. The Labute approximate surface area is 121 Å². The van der Waals surface area contributed by atoms with Gasteiger partial charge < -0.3 is 10.1 Å². The van der Waals surface area contributed by atoms with E-state index < -0.39 is 11.7 Å². The van der Waals surface area contributed by atoms with Gasteiger partial charge in [-0.05, 0) is 25.0 Å². The van der Waals surface area contributed by atoms with Crippen LogP contribution in [0.1, 0.15) is 23.2 Å². The second-order valence-corrected chi connectivity index (χ2v) is 5.02. The molecule has 5 nitrogen and oxygen atoms in total. The van der Waals surface area contributed by atoms with E-state index in [1.807, 2.05) is 0 Å². The molecule has 1 fully saturated rings. The van der Waals surface area contributed by atoms with Gasteiger partial charge in [0.05, 0.1) is 30.1 Å². The normalized spacial score (nSPS) is 17.9. The summed E-state index contributed by atoms with van der Waals surface area (Å²) in [5, 5.41) is 6.82. The fourth-order valence-electron chi connectivity index (χ4n) is 2.37. The van der Waals surface area contributed by atoms with Gasteiger partial charge in [-0.25, -0.2) is 4.39 Å². The van der Waals surface area contributed by atoms with Crippen LogP contribution in [-0.4, -0.2) is 28.4 Å². The molecule has 1 aromatic carbocycles. The molecule has 1 aliphatic rings. The van der Waals surface area contributed by atoms with Gasteiger partial charge in [-0.15, -0.1) is 0 Å². The summed E-state index contributed by atoms with van der Waals surface area (Å²) in [4.78, 5) is 12.0. The smallest absolute Gasteiger partial charge is 0.258 e. The van der Waals surface area contributed by atoms with E-state index in [4.69, 9.17) is 4.74 Å². The molecule has 1 atom stereocenters. The first-order valence-electron chi connectivity index (χ1n) is 6.92. The SMILES string of the molecule is O=C(Nc1cnn(CC2CCCO2)c1)c1ccccc1F. The second kappa shape index (κ2) is 6.05. The van der Waals surface area contributed by atoms with E-state index in [1.165, 1.54) is 12.1 Å². The van der Waals surface area contributed by atoms with Crippen molar-refractivity contribution in [1.82, 2.24) is 9.78 Å². The van der Waals surface area contributed by atoms with Crippen molar-refractivity contribution in [3.8, 4) is 0 Å². The van der Waals surface area contributed by atoms with Crippen LogP contribution in [-0.2, 0) is 11.3 Å². The summed E-state index contributed by atoms with van der Waals surface area (Å²) in [5.41, 5.74) is 0.561. The monoisotopic (exact) mass is 289 g/mol. The predicted molar refractivity (Wildman–Crippen MR) is 75.6 cm³/mol. The van der Waals surface area contributed by atoms with Gasteiger partial charge in [0.25, 0.3) is 5.91 Å². The van der Waals surface area contributed by atoms with Gasteiger partial charge in [0.15, 0.2) is 0 Å². The fourth-order valence-corrected chi connectivity index (χ4v) is 2.37. The third-order valence-corrected chi connectivity index (χ3v) is 3.42. The minimum atomic E-state index is -0.540. The van der Waals surface area contributed by atoms with Crippen LogP contribution in [0.4, 0.5) is 10.1 Å². The van der Waals surface area contributed by atoms with Crippen molar-refractivity contribution in [3.05, 3.63) is 48.0 Å². The maximum Gasteiger partial charge on any atom is 0.258 e. The molecule has 1 amide bonds. The number of amides is 1. The van der Waals surface area contributed by atoms with E-state index in [2.05, 4.69) is 10.4 Å². The van der Waals surface area contributed by atoms with E-state index in [0.29, 0.717) is 12.2 Å². The molecular formula is C15H16FN3O2. The van der Waals surface area contributed by atoms with E-state index in [1.54, 1.807) is 29.2 Å². The first-order chi connectivity index (χ1) is 10.2. The van der Waals surface area contributed by atoms with Crippen molar-refractivity contribution >= 4 is 11.6 Å². The number of ether oxygens (including phenoxy) is 1. The molecule has 0 bridgehead atoms. The fraction of sp³-hybridized carbons (Fsp3) is 0.333.